The van der Waals surface area contributed by atoms with Crippen LogP contribution in [0.1, 0.15) is 36.8 Å². The fraction of sp³-hybridized carbons (Fsp3) is 0.316. The summed E-state index contributed by atoms with van der Waals surface area (Å²) in [7, 11) is -3.91. The summed E-state index contributed by atoms with van der Waals surface area (Å²) in [6.45, 7) is 1.79. The Morgan fingerprint density at radius 3 is 2.24 bits per heavy atom. The van der Waals surface area contributed by atoms with Crippen LogP contribution in [0.5, 0.6) is 0 Å². The maximum Gasteiger partial charge on any atom is 0.188 e. The van der Waals surface area contributed by atoms with Crippen molar-refractivity contribution in [1.29, 1.82) is 0 Å². The molecule has 1 aliphatic rings. The van der Waals surface area contributed by atoms with Gasteiger partial charge in [-0.25, -0.2) is 12.8 Å². The van der Waals surface area contributed by atoms with Gasteiger partial charge in [0.05, 0.1) is 4.90 Å². The summed E-state index contributed by atoms with van der Waals surface area (Å²) in [5.41, 5.74) is 0.925. The minimum absolute atomic E-state index is 0.00925. The second-order valence-electron chi connectivity index (χ2n) is 6.47. The number of rotatable bonds is 3. The van der Waals surface area contributed by atoms with Crippen LogP contribution in [0.2, 0.25) is 5.02 Å². The van der Waals surface area contributed by atoms with Crippen molar-refractivity contribution in [3.8, 4) is 0 Å². The number of ketones is 1. The first kappa shape index (κ1) is 18.1. The van der Waals surface area contributed by atoms with E-state index >= 15 is 0 Å². The molecule has 6 heteroatoms. The molecule has 0 radical (unpaired) electrons. The second-order valence-corrected chi connectivity index (χ2v) is 9.17. The first-order valence-electron chi connectivity index (χ1n) is 8.05. The van der Waals surface area contributed by atoms with Gasteiger partial charge < -0.3 is 0 Å². The Morgan fingerprint density at radius 1 is 1.04 bits per heavy atom. The minimum Gasteiger partial charge on any atom is -0.300 e. The standard InChI is InChI=1S/C19H18ClFO3S/c1-13-2-7-18(21)17(12-13)19(10-8-15(22)9-11-19)25(23,24)16-5-3-14(20)4-6-16/h2-7,12H,8-11H2,1H3. The molecule has 0 amide bonds. The van der Waals surface area contributed by atoms with Crippen LogP contribution in [0.4, 0.5) is 4.39 Å². The van der Waals surface area contributed by atoms with Crippen LogP contribution < -0.4 is 0 Å². The van der Waals surface area contributed by atoms with E-state index in [1.165, 1.54) is 30.3 Å². The Kier molecular flexibility index (Phi) is 4.73. The minimum atomic E-state index is -3.91. The van der Waals surface area contributed by atoms with Gasteiger partial charge in [-0.05, 0) is 50.1 Å². The number of aryl methyl sites for hydroxylation is 1. The molecule has 0 aromatic heterocycles. The predicted molar refractivity (Wildman–Crippen MR) is 94.9 cm³/mol. The van der Waals surface area contributed by atoms with Crippen LogP contribution in [0, 0.1) is 12.7 Å². The van der Waals surface area contributed by atoms with Gasteiger partial charge in [-0.2, -0.15) is 0 Å². The lowest BCUT2D eigenvalue weighted by atomic mass is 9.81. The molecule has 0 heterocycles. The number of hydrogen-bond donors (Lipinski definition) is 0. The molecule has 0 unspecified atom stereocenters. The maximum absolute atomic E-state index is 14.6. The van der Waals surface area contributed by atoms with Crippen LogP contribution in [-0.2, 0) is 19.4 Å². The number of carbonyl (C=O) groups excluding carboxylic acids is 1. The van der Waals surface area contributed by atoms with Crippen LogP contribution in [0.3, 0.4) is 0 Å². The summed E-state index contributed by atoms with van der Waals surface area (Å²) in [4.78, 5) is 11.8. The zero-order chi connectivity index (χ0) is 18.2. The molecule has 1 fully saturated rings. The summed E-state index contributed by atoms with van der Waals surface area (Å²) in [5, 5.41) is 0.425. The smallest absolute Gasteiger partial charge is 0.188 e. The van der Waals surface area contributed by atoms with Crippen molar-refractivity contribution in [2.75, 3.05) is 0 Å². The highest BCUT2D eigenvalue weighted by Gasteiger charge is 2.49. The van der Waals surface area contributed by atoms with Crippen molar-refractivity contribution in [1.82, 2.24) is 0 Å². The van der Waals surface area contributed by atoms with E-state index in [0.717, 1.165) is 5.56 Å². The molecule has 25 heavy (non-hydrogen) atoms. The molecular weight excluding hydrogens is 363 g/mol. The van der Waals surface area contributed by atoms with Crippen molar-refractivity contribution in [3.63, 3.8) is 0 Å². The molecule has 3 rings (SSSR count). The van der Waals surface area contributed by atoms with E-state index in [2.05, 4.69) is 0 Å². The second kappa shape index (κ2) is 6.54. The maximum atomic E-state index is 14.6. The molecule has 3 nitrogen and oxygen atoms in total. The highest BCUT2D eigenvalue weighted by Crippen LogP contribution is 2.47. The predicted octanol–water partition coefficient (Wildman–Crippen LogP) is 4.60. The number of carbonyl (C=O) groups is 1. The molecule has 2 aromatic rings. The van der Waals surface area contributed by atoms with E-state index in [0.29, 0.717) is 5.02 Å². The lowest BCUT2D eigenvalue weighted by molar-refractivity contribution is -0.120. The average molecular weight is 381 g/mol. The molecule has 2 aromatic carbocycles. The number of halogens is 2. The SMILES string of the molecule is Cc1ccc(F)c(C2(S(=O)(=O)c3ccc(Cl)cc3)CCC(=O)CC2)c1. The molecule has 0 saturated heterocycles. The molecule has 0 atom stereocenters. The van der Waals surface area contributed by atoms with Crippen molar-refractivity contribution in [3.05, 3.63) is 64.4 Å². The van der Waals surface area contributed by atoms with Gasteiger partial charge in [0.15, 0.2) is 9.84 Å². The Hall–Kier alpha value is -1.72. The van der Waals surface area contributed by atoms with Crippen molar-refractivity contribution >= 4 is 27.2 Å². The van der Waals surface area contributed by atoms with Gasteiger partial charge in [-0.15, -0.1) is 0 Å². The first-order chi connectivity index (χ1) is 11.8. The fourth-order valence-corrected chi connectivity index (χ4v) is 5.70. The van der Waals surface area contributed by atoms with Crippen molar-refractivity contribution in [2.24, 2.45) is 0 Å². The molecular formula is C19H18ClFO3S. The first-order valence-corrected chi connectivity index (χ1v) is 9.91. The third kappa shape index (κ3) is 3.11. The van der Waals surface area contributed by atoms with Gasteiger partial charge in [-0.3, -0.25) is 4.79 Å². The highest BCUT2D eigenvalue weighted by atomic mass is 35.5. The third-order valence-corrected chi connectivity index (χ3v) is 7.67. The van der Waals surface area contributed by atoms with Gasteiger partial charge in [0, 0.05) is 23.4 Å². The number of benzene rings is 2. The Bertz CT molecular complexity index is 910. The number of Topliss-reactive ketones (excluding diaryl/α,β-unsaturated/α-hetero) is 1. The van der Waals surface area contributed by atoms with Crippen LogP contribution >= 0.6 is 11.6 Å². The largest absolute Gasteiger partial charge is 0.300 e. The number of sulfone groups is 1. The Labute approximate surface area is 151 Å². The zero-order valence-electron chi connectivity index (χ0n) is 13.8. The summed E-state index contributed by atoms with van der Waals surface area (Å²) < 4.78 is 40.1. The molecule has 0 aliphatic heterocycles. The summed E-state index contributed by atoms with van der Waals surface area (Å²) in [5.74, 6) is -0.549. The van der Waals surface area contributed by atoms with Crippen LogP contribution in [0.15, 0.2) is 47.4 Å². The van der Waals surface area contributed by atoms with E-state index in [1.807, 2.05) is 0 Å². The van der Waals surface area contributed by atoms with Gasteiger partial charge in [0.2, 0.25) is 0 Å². The highest BCUT2D eigenvalue weighted by molar-refractivity contribution is 7.92. The van der Waals surface area contributed by atoms with Gasteiger partial charge >= 0.3 is 0 Å². The quantitative estimate of drug-likeness (QED) is 0.781. The van der Waals surface area contributed by atoms with E-state index < -0.39 is 20.4 Å². The van der Waals surface area contributed by atoms with Gasteiger partial charge in [0.1, 0.15) is 16.3 Å². The molecule has 0 spiro atoms. The van der Waals surface area contributed by atoms with Gasteiger partial charge in [-0.1, -0.05) is 29.3 Å². The molecule has 0 bridgehead atoms. The lowest BCUT2D eigenvalue weighted by Gasteiger charge is -2.37. The van der Waals surface area contributed by atoms with Crippen LogP contribution in [0.25, 0.3) is 0 Å². The molecule has 132 valence electrons. The zero-order valence-corrected chi connectivity index (χ0v) is 15.3. The van der Waals surface area contributed by atoms with Gasteiger partial charge in [0.25, 0.3) is 0 Å². The average Bonchev–Trinajstić information content (AvgIpc) is 2.58. The molecule has 0 N–H and O–H groups in total. The fourth-order valence-electron chi connectivity index (χ4n) is 3.44. The van der Waals surface area contributed by atoms with Crippen molar-refractivity contribution < 1.29 is 17.6 Å². The summed E-state index contributed by atoms with van der Waals surface area (Å²) in [6.07, 6.45) is 0.411. The van der Waals surface area contributed by atoms with E-state index in [9.17, 15) is 17.6 Å². The Morgan fingerprint density at radius 2 is 1.64 bits per heavy atom. The Balaban J connectivity index is 2.23. The third-order valence-electron chi connectivity index (χ3n) is 4.87. The van der Waals surface area contributed by atoms with Crippen LogP contribution in [-0.4, -0.2) is 14.2 Å². The van der Waals surface area contributed by atoms with Crippen molar-refractivity contribution in [2.45, 2.75) is 42.2 Å². The summed E-state index contributed by atoms with van der Waals surface area (Å²) in [6, 6.07) is 10.4. The lowest BCUT2D eigenvalue weighted by Crippen LogP contribution is -2.40. The number of hydrogen-bond acceptors (Lipinski definition) is 3. The normalized spacial score (nSPS) is 17.5. The summed E-state index contributed by atoms with van der Waals surface area (Å²) >= 11 is 5.86. The van der Waals surface area contributed by atoms with E-state index in [1.54, 1.807) is 19.1 Å². The van der Waals surface area contributed by atoms with E-state index in [-0.39, 0.29) is 41.9 Å². The molecule has 1 aliphatic carbocycles. The monoisotopic (exact) mass is 380 g/mol. The topological polar surface area (TPSA) is 51.2 Å². The van der Waals surface area contributed by atoms with E-state index in [4.69, 9.17) is 11.6 Å². The molecule has 1 saturated carbocycles.